The number of furan rings is 1. The quantitative estimate of drug-likeness (QED) is 0.176. The third kappa shape index (κ3) is 5.04. The molecule has 0 saturated heterocycles. The van der Waals surface area contributed by atoms with E-state index in [1.807, 2.05) is 109 Å². The molecule has 266 valence electrons. The minimum atomic E-state index is -0.190. The number of aromatic nitrogens is 4. The van der Waals surface area contributed by atoms with Gasteiger partial charge in [-0.25, -0.2) is 15.0 Å². The van der Waals surface area contributed by atoms with E-state index >= 15 is 0 Å². The van der Waals surface area contributed by atoms with Crippen LogP contribution in [0.25, 0.3) is 115 Å². The van der Waals surface area contributed by atoms with E-state index in [0.717, 1.165) is 48.5 Å². The molecule has 0 aliphatic heterocycles. The monoisotopic (exact) mass is 752 g/mol. The first-order valence-electron chi connectivity index (χ1n) is 21.5. The fourth-order valence-electron chi connectivity index (χ4n) is 8.01. The molecule has 0 amide bonds. The molecule has 6 heteroatoms. The largest absolute Gasteiger partial charge is 0.455 e. The molecule has 4 heterocycles. The normalized spacial score (nSPS) is 13.3. The van der Waals surface area contributed by atoms with E-state index in [0.29, 0.717) is 39.9 Å². The average molecular weight is 753 g/mol. The summed E-state index contributed by atoms with van der Waals surface area (Å²) >= 11 is 1.74. The zero-order valence-corrected chi connectivity index (χ0v) is 30.8. The Kier molecular flexibility index (Phi) is 5.82. The van der Waals surface area contributed by atoms with Crippen molar-refractivity contribution in [3.05, 3.63) is 182 Å². The first kappa shape index (κ1) is 26.4. The highest BCUT2D eigenvalue weighted by atomic mass is 32.1. The maximum absolute atomic E-state index is 9.31. The van der Waals surface area contributed by atoms with Crippen molar-refractivity contribution in [2.24, 2.45) is 0 Å². The lowest BCUT2D eigenvalue weighted by molar-refractivity contribution is 0.670. The summed E-state index contributed by atoms with van der Waals surface area (Å²) in [6, 6.07) is 45.7. The van der Waals surface area contributed by atoms with Crippen LogP contribution in [0, 0.1) is 0 Å². The van der Waals surface area contributed by atoms with Crippen LogP contribution in [0.3, 0.4) is 0 Å². The molecule has 57 heavy (non-hydrogen) atoms. The summed E-state index contributed by atoms with van der Waals surface area (Å²) in [5.41, 5.74) is 6.00. The van der Waals surface area contributed by atoms with Crippen LogP contribution in [0.4, 0.5) is 0 Å². The molecular weight excluding hydrogens is 717 g/mol. The molecule has 0 spiro atoms. The Hall–Kier alpha value is -7.41. The molecular formula is C51H30N4OS. The van der Waals surface area contributed by atoms with Gasteiger partial charge in [0.25, 0.3) is 0 Å². The second-order valence-corrected chi connectivity index (χ2v) is 15.0. The number of para-hydroxylation sites is 4. The summed E-state index contributed by atoms with van der Waals surface area (Å²) in [7, 11) is 0. The van der Waals surface area contributed by atoms with Gasteiger partial charge in [-0.3, -0.25) is 0 Å². The lowest BCUT2D eigenvalue weighted by atomic mass is 9.98. The van der Waals surface area contributed by atoms with Gasteiger partial charge in [0.1, 0.15) is 11.2 Å². The zero-order chi connectivity index (χ0) is 42.7. The molecule has 12 aromatic rings. The van der Waals surface area contributed by atoms with Crippen molar-refractivity contribution in [1.82, 2.24) is 19.5 Å². The minimum Gasteiger partial charge on any atom is -0.455 e. The van der Waals surface area contributed by atoms with Crippen LogP contribution in [0.1, 0.15) is 8.22 Å². The third-order valence-corrected chi connectivity index (χ3v) is 11.8. The molecule has 0 saturated carbocycles. The van der Waals surface area contributed by atoms with Crippen LogP contribution in [0.5, 0.6) is 0 Å². The van der Waals surface area contributed by atoms with Crippen LogP contribution >= 0.6 is 11.3 Å². The number of hydrogen-bond acceptors (Lipinski definition) is 5. The second kappa shape index (κ2) is 12.6. The fourth-order valence-corrected chi connectivity index (χ4v) is 9.10. The highest BCUT2D eigenvalue weighted by molar-refractivity contribution is 7.25. The summed E-state index contributed by atoms with van der Waals surface area (Å²) in [4.78, 5) is 15.3. The standard InChI is InChI=1S/C51H30N4OS/c1-2-13-31(14-3-1)49-52-50(32-26-28-47-41(29-32)38-18-7-11-24-46(38)57-47)54-51(53-49)33-25-27-36(39-19-12-20-40-37-17-6-10-23-45(37)56-48(39)40)44(30-33)55-42-21-8-4-15-34(42)35-16-5-9-22-43(35)55/h1-30H/i4D,5D,15D,16D,21D,22D. The van der Waals surface area contributed by atoms with E-state index in [1.54, 1.807) is 15.9 Å². The van der Waals surface area contributed by atoms with Crippen molar-refractivity contribution in [1.29, 1.82) is 0 Å². The molecule has 0 radical (unpaired) electrons. The first-order chi connectivity index (χ1) is 30.7. The average Bonchev–Trinajstić information content (AvgIpc) is 4.00. The molecule has 5 nitrogen and oxygen atoms in total. The summed E-state index contributed by atoms with van der Waals surface area (Å²) in [6.07, 6.45) is 0. The SMILES string of the molecule is [2H]c1cc([2H])c2c(c1[2H])c1c([2H])c([2H])cc([2H])c1n2-c1cc(-c2nc(-c3ccccc3)nc(-c3ccc4sc5ccccc5c4c3)n2)ccc1-c1cccc2c1oc1ccccc12. The van der Waals surface area contributed by atoms with Crippen molar-refractivity contribution >= 4 is 75.3 Å². The molecule has 12 rings (SSSR count). The van der Waals surface area contributed by atoms with Crippen LogP contribution in [-0.2, 0) is 0 Å². The van der Waals surface area contributed by atoms with Crippen LogP contribution in [-0.4, -0.2) is 19.5 Å². The van der Waals surface area contributed by atoms with E-state index in [2.05, 4.69) is 24.3 Å². The lowest BCUT2D eigenvalue weighted by Crippen LogP contribution is -2.02. The maximum Gasteiger partial charge on any atom is 0.164 e. The van der Waals surface area contributed by atoms with Gasteiger partial charge in [-0.15, -0.1) is 11.3 Å². The number of fused-ring (bicyclic) bond motifs is 9. The van der Waals surface area contributed by atoms with Gasteiger partial charge in [-0.2, -0.15) is 0 Å². The summed E-state index contributed by atoms with van der Waals surface area (Å²) < 4.78 is 64.8. The second-order valence-electron chi connectivity index (χ2n) is 13.9. The van der Waals surface area contributed by atoms with E-state index in [-0.39, 0.29) is 58.1 Å². The number of benzene rings is 8. The Bertz CT molecular complexity index is 3830. The van der Waals surface area contributed by atoms with Crippen molar-refractivity contribution in [3.63, 3.8) is 0 Å². The highest BCUT2D eigenvalue weighted by Gasteiger charge is 2.21. The molecule has 0 N–H and O–H groups in total. The Morgan fingerprint density at radius 2 is 1.09 bits per heavy atom. The maximum atomic E-state index is 9.31. The molecule has 0 aliphatic carbocycles. The highest BCUT2D eigenvalue weighted by Crippen LogP contribution is 2.42. The van der Waals surface area contributed by atoms with Crippen molar-refractivity contribution in [3.8, 4) is 51.0 Å². The summed E-state index contributed by atoms with van der Waals surface area (Å²) in [6.45, 7) is 0. The molecule has 0 atom stereocenters. The molecule has 4 aromatic heterocycles. The van der Waals surface area contributed by atoms with E-state index in [1.165, 1.54) is 16.8 Å². The topological polar surface area (TPSA) is 56.7 Å². The van der Waals surface area contributed by atoms with Gasteiger partial charge in [0.15, 0.2) is 17.5 Å². The number of thiophene rings is 1. The number of rotatable bonds is 5. The van der Waals surface area contributed by atoms with Gasteiger partial charge in [0, 0.05) is 69.5 Å². The predicted molar refractivity (Wildman–Crippen MR) is 236 cm³/mol. The van der Waals surface area contributed by atoms with Gasteiger partial charge in [-0.05, 0) is 48.5 Å². The Labute approximate surface area is 339 Å². The van der Waals surface area contributed by atoms with Gasteiger partial charge in [0.2, 0.25) is 0 Å². The van der Waals surface area contributed by atoms with E-state index < -0.39 is 0 Å². The van der Waals surface area contributed by atoms with E-state index in [4.69, 9.17) is 24.9 Å². The van der Waals surface area contributed by atoms with Gasteiger partial charge in [-0.1, -0.05) is 133 Å². The third-order valence-electron chi connectivity index (χ3n) is 10.6. The smallest absolute Gasteiger partial charge is 0.164 e. The minimum absolute atomic E-state index is 0.0593. The molecule has 0 fully saturated rings. The van der Waals surface area contributed by atoms with Gasteiger partial charge < -0.3 is 8.98 Å². The molecule has 0 unspecified atom stereocenters. The van der Waals surface area contributed by atoms with Crippen LogP contribution in [0.2, 0.25) is 0 Å². The number of hydrogen-bond donors (Lipinski definition) is 0. The van der Waals surface area contributed by atoms with Crippen molar-refractivity contribution < 1.29 is 12.6 Å². The first-order valence-corrected chi connectivity index (χ1v) is 19.3. The van der Waals surface area contributed by atoms with Gasteiger partial charge in [0.05, 0.1) is 24.9 Å². The predicted octanol–water partition coefficient (Wildman–Crippen LogP) is 13.9. The van der Waals surface area contributed by atoms with Crippen molar-refractivity contribution in [2.75, 3.05) is 0 Å². The molecule has 8 aromatic carbocycles. The Morgan fingerprint density at radius 3 is 1.88 bits per heavy atom. The van der Waals surface area contributed by atoms with Crippen LogP contribution < -0.4 is 0 Å². The lowest BCUT2D eigenvalue weighted by Gasteiger charge is -2.16. The van der Waals surface area contributed by atoms with Crippen LogP contribution in [0.15, 0.2) is 186 Å². The fraction of sp³-hybridized carbons (Fsp3) is 0. The number of nitrogens with zero attached hydrogens (tertiary/aromatic N) is 4. The van der Waals surface area contributed by atoms with Gasteiger partial charge >= 0.3 is 0 Å². The summed E-state index contributed by atoms with van der Waals surface area (Å²) in [5.74, 6) is 1.34. The van der Waals surface area contributed by atoms with Crippen molar-refractivity contribution in [2.45, 2.75) is 0 Å². The Balaban J connectivity index is 1.18. The molecule has 0 aliphatic rings. The summed E-state index contributed by atoms with van der Waals surface area (Å²) in [5, 5.41) is 4.46. The Morgan fingerprint density at radius 1 is 0.456 bits per heavy atom. The molecule has 0 bridgehead atoms. The zero-order valence-electron chi connectivity index (χ0n) is 36.0. The van der Waals surface area contributed by atoms with E-state index in [9.17, 15) is 2.74 Å².